The summed E-state index contributed by atoms with van der Waals surface area (Å²) in [5.41, 5.74) is 2.06. The van der Waals surface area contributed by atoms with Crippen molar-refractivity contribution in [2.45, 2.75) is 26.3 Å². The minimum Gasteiger partial charge on any atom is -0.346 e. The predicted octanol–water partition coefficient (Wildman–Crippen LogP) is 3.40. The standard InChI is InChI=1S/C16H21N3OS/c1-3-21-10-9-15(20)18-12(2)16-17-11-14(19-16)13-7-5-4-6-8-13/h4-8,11-12H,3,9-10H2,1-2H3,(H,17,19)(H,18,20). The van der Waals surface area contributed by atoms with E-state index < -0.39 is 0 Å². The molecule has 1 aromatic carbocycles. The Balaban J connectivity index is 1.93. The number of aromatic nitrogens is 2. The Bertz CT molecular complexity index is 568. The van der Waals surface area contributed by atoms with Crippen molar-refractivity contribution in [2.24, 2.45) is 0 Å². The van der Waals surface area contributed by atoms with Gasteiger partial charge in [0, 0.05) is 12.2 Å². The first-order chi connectivity index (χ1) is 10.2. The van der Waals surface area contributed by atoms with Gasteiger partial charge in [-0.25, -0.2) is 4.98 Å². The van der Waals surface area contributed by atoms with Gasteiger partial charge in [0.2, 0.25) is 5.91 Å². The lowest BCUT2D eigenvalue weighted by atomic mass is 10.2. The molecule has 21 heavy (non-hydrogen) atoms. The van der Waals surface area contributed by atoms with E-state index in [0.717, 1.165) is 28.6 Å². The van der Waals surface area contributed by atoms with Gasteiger partial charge < -0.3 is 10.3 Å². The highest BCUT2D eigenvalue weighted by Gasteiger charge is 2.13. The zero-order valence-electron chi connectivity index (χ0n) is 12.4. The van der Waals surface area contributed by atoms with Crippen molar-refractivity contribution in [3.8, 4) is 11.3 Å². The van der Waals surface area contributed by atoms with E-state index in [4.69, 9.17) is 0 Å². The summed E-state index contributed by atoms with van der Waals surface area (Å²) in [5.74, 6) is 2.76. The van der Waals surface area contributed by atoms with Crippen molar-refractivity contribution < 1.29 is 4.79 Å². The molecule has 1 aromatic heterocycles. The molecule has 2 N–H and O–H groups in total. The van der Waals surface area contributed by atoms with Crippen LogP contribution in [-0.2, 0) is 4.79 Å². The van der Waals surface area contributed by atoms with Crippen LogP contribution in [0.5, 0.6) is 0 Å². The van der Waals surface area contributed by atoms with Crippen LogP contribution in [0.15, 0.2) is 36.5 Å². The van der Waals surface area contributed by atoms with Gasteiger partial charge in [-0.15, -0.1) is 0 Å². The lowest BCUT2D eigenvalue weighted by molar-refractivity contribution is -0.121. The number of carbonyl (C=O) groups is 1. The highest BCUT2D eigenvalue weighted by atomic mass is 32.2. The van der Waals surface area contributed by atoms with Gasteiger partial charge in [-0.1, -0.05) is 37.3 Å². The van der Waals surface area contributed by atoms with Crippen molar-refractivity contribution in [1.29, 1.82) is 0 Å². The third-order valence-electron chi connectivity index (χ3n) is 3.15. The molecular weight excluding hydrogens is 282 g/mol. The van der Waals surface area contributed by atoms with Crippen molar-refractivity contribution in [3.63, 3.8) is 0 Å². The van der Waals surface area contributed by atoms with E-state index in [2.05, 4.69) is 22.2 Å². The van der Waals surface area contributed by atoms with E-state index in [9.17, 15) is 4.79 Å². The lowest BCUT2D eigenvalue weighted by Crippen LogP contribution is -2.27. The molecule has 0 aliphatic rings. The number of rotatable bonds is 7. The first-order valence-corrected chi connectivity index (χ1v) is 8.33. The Hall–Kier alpha value is -1.75. The zero-order valence-corrected chi connectivity index (χ0v) is 13.2. The average Bonchev–Trinajstić information content (AvgIpc) is 2.98. The molecule has 0 bridgehead atoms. The predicted molar refractivity (Wildman–Crippen MR) is 88.2 cm³/mol. The van der Waals surface area contributed by atoms with Crippen molar-refractivity contribution in [2.75, 3.05) is 11.5 Å². The molecule has 0 radical (unpaired) electrons. The third-order valence-corrected chi connectivity index (χ3v) is 4.05. The molecule has 2 rings (SSSR count). The van der Waals surface area contributed by atoms with Crippen LogP contribution in [-0.4, -0.2) is 27.4 Å². The quantitative estimate of drug-likeness (QED) is 0.771. The van der Waals surface area contributed by atoms with Gasteiger partial charge in [-0.3, -0.25) is 4.79 Å². The second-order valence-electron chi connectivity index (χ2n) is 4.78. The van der Waals surface area contributed by atoms with E-state index in [-0.39, 0.29) is 11.9 Å². The fourth-order valence-corrected chi connectivity index (χ4v) is 2.63. The molecule has 4 nitrogen and oxygen atoms in total. The van der Waals surface area contributed by atoms with Crippen LogP contribution < -0.4 is 5.32 Å². The Kier molecular flexibility index (Phi) is 5.87. The SMILES string of the molecule is CCSCCC(=O)NC(C)c1ncc(-c2ccccc2)[nH]1. The van der Waals surface area contributed by atoms with E-state index >= 15 is 0 Å². The number of nitrogens with zero attached hydrogens (tertiary/aromatic N) is 1. The van der Waals surface area contributed by atoms with E-state index in [1.165, 1.54) is 0 Å². The van der Waals surface area contributed by atoms with Crippen LogP contribution in [0.1, 0.15) is 32.1 Å². The number of imidazole rings is 1. The molecular formula is C16H21N3OS. The second-order valence-corrected chi connectivity index (χ2v) is 6.18. The summed E-state index contributed by atoms with van der Waals surface area (Å²) < 4.78 is 0. The number of aromatic amines is 1. The van der Waals surface area contributed by atoms with Gasteiger partial charge in [0.15, 0.2) is 0 Å². The van der Waals surface area contributed by atoms with Gasteiger partial charge in [0.1, 0.15) is 5.82 Å². The number of nitrogens with one attached hydrogen (secondary N) is 2. The van der Waals surface area contributed by atoms with E-state index in [1.807, 2.05) is 37.3 Å². The highest BCUT2D eigenvalue weighted by Crippen LogP contribution is 2.18. The first kappa shape index (κ1) is 15.6. The number of amides is 1. The molecule has 1 heterocycles. The largest absolute Gasteiger partial charge is 0.346 e. The molecule has 112 valence electrons. The monoisotopic (exact) mass is 303 g/mol. The summed E-state index contributed by atoms with van der Waals surface area (Å²) >= 11 is 1.78. The van der Waals surface area contributed by atoms with Gasteiger partial charge in [0.25, 0.3) is 0 Å². The van der Waals surface area contributed by atoms with Crippen molar-refractivity contribution in [3.05, 3.63) is 42.4 Å². The number of H-pyrrole nitrogens is 1. The summed E-state index contributed by atoms with van der Waals surface area (Å²) in [7, 11) is 0. The summed E-state index contributed by atoms with van der Waals surface area (Å²) in [4.78, 5) is 19.4. The van der Waals surface area contributed by atoms with Crippen LogP contribution in [0.4, 0.5) is 0 Å². The Morgan fingerprint density at radius 1 is 1.38 bits per heavy atom. The number of benzene rings is 1. The zero-order chi connectivity index (χ0) is 15.1. The Morgan fingerprint density at radius 3 is 2.86 bits per heavy atom. The maximum Gasteiger partial charge on any atom is 0.221 e. The molecule has 0 saturated heterocycles. The fraction of sp³-hybridized carbons (Fsp3) is 0.375. The molecule has 5 heteroatoms. The summed E-state index contributed by atoms with van der Waals surface area (Å²) in [5, 5.41) is 2.97. The fourth-order valence-electron chi connectivity index (χ4n) is 2.01. The lowest BCUT2D eigenvalue weighted by Gasteiger charge is -2.11. The number of thioether (sulfide) groups is 1. The Morgan fingerprint density at radius 2 is 2.14 bits per heavy atom. The van der Waals surface area contributed by atoms with Gasteiger partial charge in [-0.2, -0.15) is 11.8 Å². The average molecular weight is 303 g/mol. The van der Waals surface area contributed by atoms with Gasteiger partial charge >= 0.3 is 0 Å². The smallest absolute Gasteiger partial charge is 0.221 e. The number of hydrogen-bond acceptors (Lipinski definition) is 3. The molecule has 1 atom stereocenters. The molecule has 0 aliphatic heterocycles. The molecule has 0 aliphatic carbocycles. The summed E-state index contributed by atoms with van der Waals surface area (Å²) in [6.07, 6.45) is 2.36. The molecule has 1 unspecified atom stereocenters. The normalized spacial score (nSPS) is 12.1. The van der Waals surface area contributed by atoms with Gasteiger partial charge in [-0.05, 0) is 18.2 Å². The summed E-state index contributed by atoms with van der Waals surface area (Å²) in [6, 6.07) is 9.92. The van der Waals surface area contributed by atoms with Crippen LogP contribution in [0.2, 0.25) is 0 Å². The minimum atomic E-state index is -0.110. The number of hydrogen-bond donors (Lipinski definition) is 2. The maximum atomic E-state index is 11.8. The summed E-state index contributed by atoms with van der Waals surface area (Å²) in [6.45, 7) is 4.04. The minimum absolute atomic E-state index is 0.0705. The number of carbonyl (C=O) groups excluding carboxylic acids is 1. The highest BCUT2D eigenvalue weighted by molar-refractivity contribution is 7.99. The first-order valence-electron chi connectivity index (χ1n) is 7.18. The molecule has 1 amide bonds. The van der Waals surface area contributed by atoms with Crippen LogP contribution in [0.25, 0.3) is 11.3 Å². The molecule has 0 fully saturated rings. The molecule has 0 saturated carbocycles. The van der Waals surface area contributed by atoms with Gasteiger partial charge in [0.05, 0.1) is 17.9 Å². The van der Waals surface area contributed by atoms with E-state index in [0.29, 0.717) is 6.42 Å². The van der Waals surface area contributed by atoms with E-state index in [1.54, 1.807) is 18.0 Å². The molecule has 0 spiro atoms. The van der Waals surface area contributed by atoms with Crippen molar-refractivity contribution in [1.82, 2.24) is 15.3 Å². The van der Waals surface area contributed by atoms with Crippen LogP contribution in [0, 0.1) is 0 Å². The third kappa shape index (κ3) is 4.63. The second kappa shape index (κ2) is 7.88. The topological polar surface area (TPSA) is 57.8 Å². The van der Waals surface area contributed by atoms with Crippen molar-refractivity contribution >= 4 is 17.7 Å². The Labute approximate surface area is 129 Å². The maximum absolute atomic E-state index is 11.8. The van der Waals surface area contributed by atoms with Crippen LogP contribution in [0.3, 0.4) is 0 Å². The van der Waals surface area contributed by atoms with Crippen LogP contribution >= 0.6 is 11.8 Å². The molecule has 2 aromatic rings.